The molecule has 88 valence electrons. The van der Waals surface area contributed by atoms with Gasteiger partial charge in [-0.05, 0) is 25.1 Å². The normalized spacial score (nSPS) is 10.2. The van der Waals surface area contributed by atoms with Crippen LogP contribution in [0.3, 0.4) is 0 Å². The first-order chi connectivity index (χ1) is 7.56. The summed E-state index contributed by atoms with van der Waals surface area (Å²) < 4.78 is 25.7. The number of hydrogen-bond acceptors (Lipinski definition) is 3. The van der Waals surface area contributed by atoms with Crippen LogP contribution in [0.1, 0.15) is 12.8 Å². The van der Waals surface area contributed by atoms with Crippen molar-refractivity contribution in [2.24, 2.45) is 5.73 Å². The zero-order valence-electron chi connectivity index (χ0n) is 8.59. The molecule has 0 saturated carbocycles. The molecule has 0 saturated heterocycles. The van der Waals surface area contributed by atoms with Crippen molar-refractivity contribution >= 4 is 17.3 Å². The monoisotopic (exact) mass is 229 g/mol. The van der Waals surface area contributed by atoms with E-state index in [0.29, 0.717) is 13.0 Å². The van der Waals surface area contributed by atoms with Crippen LogP contribution in [0, 0.1) is 11.6 Å². The predicted octanol–water partition coefficient (Wildman–Crippen LogP) is 1.22. The molecule has 0 radical (unpaired) electrons. The Kier molecular flexibility index (Phi) is 4.19. The van der Waals surface area contributed by atoms with Crippen LogP contribution in [0.15, 0.2) is 12.1 Å². The first kappa shape index (κ1) is 12.4. The van der Waals surface area contributed by atoms with Crippen molar-refractivity contribution in [1.29, 1.82) is 0 Å². The van der Waals surface area contributed by atoms with Gasteiger partial charge in [-0.1, -0.05) is 0 Å². The van der Waals surface area contributed by atoms with E-state index >= 15 is 0 Å². The minimum atomic E-state index is -1.16. The quantitative estimate of drug-likeness (QED) is 0.679. The minimum Gasteiger partial charge on any atom is -0.395 e. The highest BCUT2D eigenvalue weighted by molar-refractivity contribution is 5.93. The van der Waals surface area contributed by atoms with Crippen LogP contribution < -0.4 is 16.8 Å². The summed E-state index contributed by atoms with van der Waals surface area (Å²) in [5, 5.41) is 2.39. The number of benzene rings is 1. The maximum Gasteiger partial charge on any atom is 0.224 e. The Hall–Kier alpha value is -1.69. The number of carbonyl (C=O) groups is 1. The van der Waals surface area contributed by atoms with Gasteiger partial charge in [0, 0.05) is 6.42 Å². The third kappa shape index (κ3) is 2.90. The third-order valence-electron chi connectivity index (χ3n) is 2.01. The Bertz CT molecular complexity index is 396. The lowest BCUT2D eigenvalue weighted by molar-refractivity contribution is -0.116. The van der Waals surface area contributed by atoms with E-state index in [9.17, 15) is 13.6 Å². The van der Waals surface area contributed by atoms with Crippen LogP contribution in [-0.2, 0) is 4.79 Å². The lowest BCUT2D eigenvalue weighted by Crippen LogP contribution is -2.15. The lowest BCUT2D eigenvalue weighted by atomic mass is 10.2. The zero-order valence-corrected chi connectivity index (χ0v) is 8.59. The van der Waals surface area contributed by atoms with Crippen LogP contribution in [0.2, 0.25) is 0 Å². The van der Waals surface area contributed by atoms with Crippen LogP contribution >= 0.6 is 0 Å². The van der Waals surface area contributed by atoms with Gasteiger partial charge in [0.25, 0.3) is 0 Å². The fourth-order valence-electron chi connectivity index (χ4n) is 1.15. The second-order valence-electron chi connectivity index (χ2n) is 3.26. The van der Waals surface area contributed by atoms with Crippen LogP contribution in [0.4, 0.5) is 20.2 Å². The third-order valence-corrected chi connectivity index (χ3v) is 2.01. The largest absolute Gasteiger partial charge is 0.395 e. The molecule has 4 nitrogen and oxygen atoms in total. The van der Waals surface area contributed by atoms with Crippen molar-refractivity contribution in [2.45, 2.75) is 12.8 Å². The van der Waals surface area contributed by atoms with Crippen LogP contribution in [0.5, 0.6) is 0 Å². The molecule has 0 fully saturated rings. The number of rotatable bonds is 4. The Balaban J connectivity index is 2.74. The molecule has 0 atom stereocenters. The molecule has 0 aliphatic carbocycles. The van der Waals surface area contributed by atoms with Gasteiger partial charge in [0.1, 0.15) is 0 Å². The molecule has 5 N–H and O–H groups in total. The van der Waals surface area contributed by atoms with Crippen molar-refractivity contribution in [2.75, 3.05) is 17.6 Å². The van der Waals surface area contributed by atoms with Crippen molar-refractivity contribution in [3.05, 3.63) is 23.8 Å². The van der Waals surface area contributed by atoms with Gasteiger partial charge in [0.2, 0.25) is 5.91 Å². The lowest BCUT2D eigenvalue weighted by Gasteiger charge is -2.08. The van der Waals surface area contributed by atoms with Gasteiger partial charge >= 0.3 is 0 Å². The average Bonchev–Trinajstić information content (AvgIpc) is 2.27. The molecular weight excluding hydrogens is 216 g/mol. The summed E-state index contributed by atoms with van der Waals surface area (Å²) in [5.74, 6) is -2.53. The van der Waals surface area contributed by atoms with Crippen molar-refractivity contribution in [3.63, 3.8) is 0 Å². The van der Waals surface area contributed by atoms with Gasteiger partial charge in [0.15, 0.2) is 11.6 Å². The van der Waals surface area contributed by atoms with Gasteiger partial charge in [-0.25, -0.2) is 8.78 Å². The summed E-state index contributed by atoms with van der Waals surface area (Å²) in [5.41, 5.74) is 10.2. The Morgan fingerprint density at radius 2 is 2.06 bits per heavy atom. The fraction of sp³-hybridized carbons (Fsp3) is 0.300. The van der Waals surface area contributed by atoms with E-state index in [4.69, 9.17) is 11.5 Å². The molecule has 6 heteroatoms. The number of nitrogens with two attached hydrogens (primary N) is 2. The number of hydrogen-bond donors (Lipinski definition) is 3. The molecule has 0 bridgehead atoms. The number of amides is 1. The molecule has 0 aliphatic rings. The van der Waals surface area contributed by atoms with Gasteiger partial charge < -0.3 is 16.8 Å². The van der Waals surface area contributed by atoms with Crippen LogP contribution in [0.25, 0.3) is 0 Å². The first-order valence-electron chi connectivity index (χ1n) is 4.79. The molecule has 1 aromatic rings. The second-order valence-corrected chi connectivity index (χ2v) is 3.26. The maximum absolute atomic E-state index is 13.0. The number of nitrogens with one attached hydrogen (secondary N) is 1. The number of halogens is 2. The Morgan fingerprint density at radius 1 is 1.38 bits per heavy atom. The van der Waals surface area contributed by atoms with E-state index in [1.54, 1.807) is 0 Å². The fourth-order valence-corrected chi connectivity index (χ4v) is 1.15. The number of carbonyl (C=O) groups excluding carboxylic acids is 1. The van der Waals surface area contributed by atoms with E-state index in [0.717, 1.165) is 6.07 Å². The summed E-state index contributed by atoms with van der Waals surface area (Å²) in [6.07, 6.45) is 0.740. The highest BCUT2D eigenvalue weighted by Crippen LogP contribution is 2.23. The average molecular weight is 229 g/mol. The van der Waals surface area contributed by atoms with E-state index in [1.807, 2.05) is 0 Å². The van der Waals surface area contributed by atoms with Gasteiger partial charge in [0.05, 0.1) is 11.4 Å². The summed E-state index contributed by atoms with van der Waals surface area (Å²) >= 11 is 0. The van der Waals surface area contributed by atoms with Crippen molar-refractivity contribution in [1.82, 2.24) is 0 Å². The minimum absolute atomic E-state index is 0.0703. The smallest absolute Gasteiger partial charge is 0.224 e. The van der Waals surface area contributed by atoms with Crippen molar-refractivity contribution < 1.29 is 13.6 Å². The highest BCUT2D eigenvalue weighted by Gasteiger charge is 2.12. The number of nitrogen functional groups attached to an aromatic ring is 1. The molecule has 1 rings (SSSR count). The molecule has 0 heterocycles. The topological polar surface area (TPSA) is 81.1 Å². The molecule has 0 spiro atoms. The molecule has 0 aromatic heterocycles. The number of anilines is 2. The summed E-state index contributed by atoms with van der Waals surface area (Å²) in [4.78, 5) is 11.3. The predicted molar refractivity (Wildman–Crippen MR) is 57.7 cm³/mol. The summed E-state index contributed by atoms with van der Waals surface area (Å²) in [7, 11) is 0. The molecule has 1 amide bonds. The summed E-state index contributed by atoms with van der Waals surface area (Å²) in [6.45, 7) is 0.390. The maximum atomic E-state index is 13.0. The molecule has 16 heavy (non-hydrogen) atoms. The second kappa shape index (κ2) is 5.41. The standard InChI is InChI=1S/C10H13F2N3O/c11-6-3-4-7(10(14)9(6)12)15-8(16)2-1-5-13/h3-4H,1-2,5,13-14H2,(H,15,16). The van der Waals surface area contributed by atoms with Crippen LogP contribution in [-0.4, -0.2) is 12.5 Å². The van der Waals surface area contributed by atoms with E-state index in [2.05, 4.69) is 5.32 Å². The molecular formula is C10H13F2N3O. The van der Waals surface area contributed by atoms with E-state index in [-0.39, 0.29) is 18.0 Å². The van der Waals surface area contributed by atoms with Gasteiger partial charge in [-0.3, -0.25) is 4.79 Å². The zero-order chi connectivity index (χ0) is 12.1. The molecule has 0 unspecified atom stereocenters. The molecule has 1 aromatic carbocycles. The van der Waals surface area contributed by atoms with Crippen molar-refractivity contribution in [3.8, 4) is 0 Å². The van der Waals surface area contributed by atoms with E-state index in [1.165, 1.54) is 6.07 Å². The van der Waals surface area contributed by atoms with Gasteiger partial charge in [-0.15, -0.1) is 0 Å². The van der Waals surface area contributed by atoms with E-state index < -0.39 is 17.3 Å². The molecule has 0 aliphatic heterocycles. The first-order valence-corrected chi connectivity index (χ1v) is 4.79. The SMILES string of the molecule is NCCCC(=O)Nc1ccc(F)c(F)c1N. The van der Waals surface area contributed by atoms with Gasteiger partial charge in [-0.2, -0.15) is 0 Å². The summed E-state index contributed by atoms with van der Waals surface area (Å²) in [6, 6.07) is 2.12. The Morgan fingerprint density at radius 3 is 2.69 bits per heavy atom. The Labute approximate surface area is 91.6 Å². The highest BCUT2D eigenvalue weighted by atomic mass is 19.2.